The Morgan fingerprint density at radius 2 is 2.30 bits per heavy atom. The number of aromatic nitrogens is 4. The summed E-state index contributed by atoms with van der Waals surface area (Å²) in [4.78, 5) is 20.3. The molecule has 0 saturated carbocycles. The Morgan fingerprint density at radius 1 is 1.48 bits per heavy atom. The maximum Gasteiger partial charge on any atom is 0.329 e. The van der Waals surface area contributed by atoms with E-state index in [0.29, 0.717) is 5.95 Å². The number of hydrogen-bond acceptors (Lipinski definition) is 8. The van der Waals surface area contributed by atoms with Crippen molar-refractivity contribution in [2.45, 2.75) is 18.9 Å². The van der Waals surface area contributed by atoms with Crippen LogP contribution in [0.25, 0.3) is 0 Å². The van der Waals surface area contributed by atoms with E-state index in [1.807, 2.05) is 19.4 Å². The Labute approximate surface area is 132 Å². The van der Waals surface area contributed by atoms with Crippen LogP contribution in [0.2, 0.25) is 0 Å². The first-order valence-corrected chi connectivity index (χ1v) is 7.30. The second kappa shape index (κ2) is 6.07. The summed E-state index contributed by atoms with van der Waals surface area (Å²) in [5, 5.41) is 18.1. The van der Waals surface area contributed by atoms with Gasteiger partial charge >= 0.3 is 5.69 Å². The predicted octanol–water partition coefficient (Wildman–Crippen LogP) is 0.781. The van der Waals surface area contributed by atoms with Gasteiger partial charge in [0.1, 0.15) is 6.20 Å². The van der Waals surface area contributed by atoms with E-state index in [1.54, 1.807) is 4.68 Å². The lowest BCUT2D eigenvalue weighted by molar-refractivity contribution is -0.384. The minimum absolute atomic E-state index is 0.132. The average molecular weight is 318 g/mol. The molecule has 0 radical (unpaired) electrons. The van der Waals surface area contributed by atoms with Crippen LogP contribution >= 0.6 is 0 Å². The highest BCUT2D eigenvalue weighted by Gasteiger charge is 2.22. The summed E-state index contributed by atoms with van der Waals surface area (Å²) >= 11 is 0. The van der Waals surface area contributed by atoms with Gasteiger partial charge in [-0.05, 0) is 12.8 Å². The van der Waals surface area contributed by atoms with Crippen LogP contribution in [-0.2, 0) is 7.05 Å². The van der Waals surface area contributed by atoms with E-state index < -0.39 is 4.92 Å². The molecule has 10 nitrogen and oxygen atoms in total. The largest absolute Gasteiger partial charge is 0.378 e. The van der Waals surface area contributed by atoms with Crippen molar-refractivity contribution in [1.29, 1.82) is 0 Å². The van der Waals surface area contributed by atoms with E-state index in [9.17, 15) is 10.1 Å². The van der Waals surface area contributed by atoms with Gasteiger partial charge in [0, 0.05) is 32.4 Å². The van der Waals surface area contributed by atoms with Gasteiger partial charge in [-0.25, -0.2) is 4.98 Å². The Morgan fingerprint density at radius 3 is 2.96 bits per heavy atom. The lowest BCUT2D eigenvalue weighted by Crippen LogP contribution is -2.42. The SMILES string of the molecule is Cn1cc(N2CCC[C@@H](Nc3ncc([N+](=O)[O-])c(N)n3)C2)cn1. The molecule has 1 atom stereocenters. The number of aryl methyl sites for hydroxylation is 1. The summed E-state index contributed by atoms with van der Waals surface area (Å²) in [6.07, 6.45) is 6.93. The van der Waals surface area contributed by atoms with Crippen molar-refractivity contribution in [2.75, 3.05) is 29.0 Å². The third kappa shape index (κ3) is 3.30. The molecule has 10 heteroatoms. The molecule has 0 aliphatic carbocycles. The summed E-state index contributed by atoms with van der Waals surface area (Å²) in [5.41, 5.74) is 6.39. The molecule has 1 fully saturated rings. The maximum atomic E-state index is 10.7. The molecule has 2 aromatic rings. The van der Waals surface area contributed by atoms with Crippen molar-refractivity contribution in [3.8, 4) is 0 Å². The van der Waals surface area contributed by atoms with Crippen molar-refractivity contribution < 1.29 is 4.92 Å². The van der Waals surface area contributed by atoms with Gasteiger partial charge in [0.2, 0.25) is 11.8 Å². The molecule has 1 aliphatic rings. The van der Waals surface area contributed by atoms with E-state index in [1.165, 1.54) is 0 Å². The average Bonchev–Trinajstić information content (AvgIpc) is 2.94. The molecule has 0 spiro atoms. The highest BCUT2D eigenvalue weighted by Crippen LogP contribution is 2.22. The predicted molar refractivity (Wildman–Crippen MR) is 85.2 cm³/mol. The van der Waals surface area contributed by atoms with E-state index in [2.05, 4.69) is 25.3 Å². The summed E-state index contributed by atoms with van der Waals surface area (Å²) in [5.74, 6) is 0.179. The number of nitrogen functional groups attached to an aromatic ring is 1. The van der Waals surface area contributed by atoms with Gasteiger partial charge in [-0.2, -0.15) is 10.1 Å². The van der Waals surface area contributed by atoms with Crippen molar-refractivity contribution in [3.63, 3.8) is 0 Å². The molecular formula is C13H18N8O2. The van der Waals surface area contributed by atoms with Crippen LogP contribution < -0.4 is 16.0 Å². The second-order valence-corrected chi connectivity index (χ2v) is 5.52. The van der Waals surface area contributed by atoms with E-state index in [-0.39, 0.29) is 17.5 Å². The molecule has 0 bridgehead atoms. The molecule has 122 valence electrons. The number of nitro groups is 1. The third-order valence-corrected chi connectivity index (χ3v) is 3.81. The topological polar surface area (TPSA) is 128 Å². The van der Waals surface area contributed by atoms with Gasteiger partial charge < -0.3 is 16.0 Å². The first-order chi connectivity index (χ1) is 11.0. The number of nitrogens with one attached hydrogen (secondary N) is 1. The smallest absolute Gasteiger partial charge is 0.329 e. The van der Waals surface area contributed by atoms with Crippen LogP contribution in [0.5, 0.6) is 0 Å². The Kier molecular flexibility index (Phi) is 3.96. The van der Waals surface area contributed by atoms with Crippen LogP contribution in [0.4, 0.5) is 23.1 Å². The highest BCUT2D eigenvalue weighted by molar-refractivity contribution is 5.53. The van der Waals surface area contributed by atoms with Crippen molar-refractivity contribution in [2.24, 2.45) is 7.05 Å². The van der Waals surface area contributed by atoms with Crippen molar-refractivity contribution >= 4 is 23.1 Å². The van der Waals surface area contributed by atoms with Gasteiger partial charge in [-0.3, -0.25) is 14.8 Å². The first kappa shape index (κ1) is 15.0. The molecule has 3 N–H and O–H groups in total. The molecule has 0 aromatic carbocycles. The van der Waals surface area contributed by atoms with Gasteiger partial charge in [0.15, 0.2) is 0 Å². The number of nitrogens with zero attached hydrogens (tertiary/aromatic N) is 6. The minimum atomic E-state index is -0.593. The summed E-state index contributed by atoms with van der Waals surface area (Å²) in [6.45, 7) is 1.75. The molecular weight excluding hydrogens is 300 g/mol. The third-order valence-electron chi connectivity index (χ3n) is 3.81. The molecule has 1 saturated heterocycles. The number of hydrogen-bond donors (Lipinski definition) is 2. The first-order valence-electron chi connectivity index (χ1n) is 7.30. The fourth-order valence-corrected chi connectivity index (χ4v) is 2.68. The Balaban J connectivity index is 1.68. The fourth-order valence-electron chi connectivity index (χ4n) is 2.68. The number of piperidine rings is 1. The monoisotopic (exact) mass is 318 g/mol. The fraction of sp³-hybridized carbons (Fsp3) is 0.462. The molecule has 1 aliphatic heterocycles. The van der Waals surface area contributed by atoms with Crippen molar-refractivity contribution in [3.05, 3.63) is 28.7 Å². The number of anilines is 3. The number of rotatable bonds is 4. The lowest BCUT2D eigenvalue weighted by Gasteiger charge is -2.33. The molecule has 23 heavy (non-hydrogen) atoms. The standard InChI is InChI=1S/C13H18N8O2/c1-19-8-10(5-16-19)20-4-2-3-9(7-20)17-13-15-6-11(21(22)23)12(14)18-13/h5-6,8-9H,2-4,7H2,1H3,(H3,14,15,17,18)/t9-/m1/s1. The van der Waals surface area contributed by atoms with Gasteiger partial charge in [0.25, 0.3) is 0 Å². The van der Waals surface area contributed by atoms with E-state index in [4.69, 9.17) is 5.73 Å². The quantitative estimate of drug-likeness (QED) is 0.625. The zero-order chi connectivity index (χ0) is 16.4. The maximum absolute atomic E-state index is 10.7. The summed E-state index contributed by atoms with van der Waals surface area (Å²) < 4.78 is 1.77. The molecule has 3 rings (SSSR count). The highest BCUT2D eigenvalue weighted by atomic mass is 16.6. The van der Waals surface area contributed by atoms with Gasteiger partial charge in [-0.15, -0.1) is 0 Å². The normalized spacial score (nSPS) is 18.0. The van der Waals surface area contributed by atoms with Gasteiger partial charge in [0.05, 0.1) is 16.8 Å². The van der Waals surface area contributed by atoms with Crippen LogP contribution in [0.3, 0.4) is 0 Å². The Hall–Kier alpha value is -2.91. The van der Waals surface area contributed by atoms with Crippen LogP contribution in [-0.4, -0.2) is 43.8 Å². The van der Waals surface area contributed by atoms with E-state index >= 15 is 0 Å². The zero-order valence-corrected chi connectivity index (χ0v) is 12.7. The van der Waals surface area contributed by atoms with Crippen LogP contribution in [0, 0.1) is 10.1 Å². The van der Waals surface area contributed by atoms with Gasteiger partial charge in [-0.1, -0.05) is 0 Å². The van der Waals surface area contributed by atoms with Crippen LogP contribution in [0.1, 0.15) is 12.8 Å². The Bertz CT molecular complexity index is 716. The zero-order valence-electron chi connectivity index (χ0n) is 12.7. The minimum Gasteiger partial charge on any atom is -0.378 e. The molecule has 3 heterocycles. The molecule has 0 amide bonds. The summed E-state index contributed by atoms with van der Waals surface area (Å²) in [7, 11) is 1.89. The molecule has 0 unspecified atom stereocenters. The summed E-state index contributed by atoms with van der Waals surface area (Å²) in [6, 6.07) is 0.143. The van der Waals surface area contributed by atoms with Crippen molar-refractivity contribution in [1.82, 2.24) is 19.7 Å². The number of nitrogens with two attached hydrogens (primary N) is 1. The van der Waals surface area contributed by atoms with Crippen LogP contribution in [0.15, 0.2) is 18.6 Å². The lowest BCUT2D eigenvalue weighted by atomic mass is 10.1. The van der Waals surface area contributed by atoms with E-state index in [0.717, 1.165) is 37.8 Å². The molecule has 2 aromatic heterocycles. The second-order valence-electron chi connectivity index (χ2n) is 5.52.